The molecule has 1 aromatic heterocycles. The van der Waals surface area contributed by atoms with Crippen molar-refractivity contribution in [2.45, 2.75) is 32.9 Å². The molecule has 0 amide bonds. The normalized spacial score (nSPS) is 11.0. The van der Waals surface area contributed by atoms with E-state index >= 15 is 0 Å². The first-order valence-electron chi connectivity index (χ1n) is 9.18. The third-order valence-electron chi connectivity index (χ3n) is 4.80. The van der Waals surface area contributed by atoms with E-state index in [1.54, 1.807) is 13.2 Å². The van der Waals surface area contributed by atoms with Crippen LogP contribution in [0.15, 0.2) is 40.9 Å². The fourth-order valence-electron chi connectivity index (χ4n) is 3.39. The number of carboxylic acid groups (broad SMARTS) is 1. The molecule has 4 N–H and O–H groups in total. The molecule has 0 aliphatic carbocycles. The number of benzene rings is 2. The molecule has 148 valence electrons. The lowest BCUT2D eigenvalue weighted by Crippen LogP contribution is -2.12. The third-order valence-corrected chi connectivity index (χ3v) is 5.42. The molecule has 0 unspecified atom stereocenters. The maximum atomic E-state index is 12.2. The minimum absolute atomic E-state index is 0.291. The van der Waals surface area contributed by atoms with Crippen LogP contribution in [0.4, 0.5) is 11.4 Å². The Morgan fingerprint density at radius 1 is 1.32 bits per heavy atom. The number of nitrogens with one attached hydrogen (secondary N) is 1. The van der Waals surface area contributed by atoms with E-state index in [4.69, 9.17) is 10.5 Å². The quantitative estimate of drug-likeness (QED) is 0.419. The average molecular weight is 446 g/mol. The maximum absolute atomic E-state index is 12.2. The van der Waals surface area contributed by atoms with E-state index in [2.05, 4.69) is 32.7 Å². The predicted molar refractivity (Wildman–Crippen MR) is 116 cm³/mol. The molecule has 6 nitrogen and oxygen atoms in total. The Labute approximate surface area is 172 Å². The lowest BCUT2D eigenvalue weighted by atomic mass is 10.1. The van der Waals surface area contributed by atoms with Crippen LogP contribution in [0.1, 0.15) is 35.8 Å². The highest BCUT2D eigenvalue weighted by Gasteiger charge is 2.23. The molecule has 0 spiro atoms. The zero-order chi connectivity index (χ0) is 20.3. The van der Waals surface area contributed by atoms with Gasteiger partial charge < -0.3 is 25.5 Å². The van der Waals surface area contributed by atoms with E-state index in [-0.39, 0.29) is 0 Å². The number of halogens is 1. The van der Waals surface area contributed by atoms with Crippen LogP contribution in [-0.4, -0.2) is 22.8 Å². The number of hydrogen-bond donors (Lipinski definition) is 3. The summed E-state index contributed by atoms with van der Waals surface area (Å²) in [6.45, 7) is 3.21. The van der Waals surface area contributed by atoms with E-state index in [1.807, 2.05) is 30.3 Å². The summed E-state index contributed by atoms with van der Waals surface area (Å²) in [5.74, 6) is -0.350. The first-order chi connectivity index (χ1) is 13.5. The van der Waals surface area contributed by atoms with E-state index in [1.165, 1.54) is 0 Å². The molecule has 2 aromatic carbocycles. The Morgan fingerprint density at radius 2 is 2.07 bits per heavy atom. The van der Waals surface area contributed by atoms with Gasteiger partial charge in [0.1, 0.15) is 5.75 Å². The number of nitrogen functional groups attached to an aromatic ring is 1. The van der Waals surface area contributed by atoms with Crippen LogP contribution < -0.4 is 15.8 Å². The number of ether oxygens (including phenoxy) is 1. The van der Waals surface area contributed by atoms with Crippen LogP contribution in [-0.2, 0) is 13.1 Å². The van der Waals surface area contributed by atoms with Gasteiger partial charge in [-0.2, -0.15) is 0 Å². The highest BCUT2D eigenvalue weighted by Crippen LogP contribution is 2.36. The molecule has 28 heavy (non-hydrogen) atoms. The van der Waals surface area contributed by atoms with Gasteiger partial charge in [-0.25, -0.2) is 4.79 Å². The van der Waals surface area contributed by atoms with Gasteiger partial charge in [0.05, 0.1) is 46.3 Å². The number of methoxy groups -OCH3 is 1. The minimum Gasteiger partial charge on any atom is -0.496 e. The van der Waals surface area contributed by atoms with Crippen molar-refractivity contribution in [2.24, 2.45) is 0 Å². The van der Waals surface area contributed by atoms with Crippen molar-refractivity contribution >= 4 is 44.2 Å². The molecule has 0 atom stereocenters. The van der Waals surface area contributed by atoms with Crippen molar-refractivity contribution in [3.8, 4) is 5.75 Å². The van der Waals surface area contributed by atoms with Crippen LogP contribution in [0.25, 0.3) is 10.9 Å². The lowest BCUT2D eigenvalue weighted by molar-refractivity contribution is 0.0697. The van der Waals surface area contributed by atoms with Crippen molar-refractivity contribution in [1.29, 1.82) is 0 Å². The Kier molecular flexibility index (Phi) is 6.14. The molecule has 3 rings (SSSR count). The van der Waals surface area contributed by atoms with Gasteiger partial charge in [-0.3, -0.25) is 0 Å². The molecule has 3 aromatic rings. The number of rotatable bonds is 8. The Hall–Kier alpha value is -2.67. The molecule has 0 fully saturated rings. The third kappa shape index (κ3) is 3.80. The smallest absolute Gasteiger partial charge is 0.338 e. The second-order valence-electron chi connectivity index (χ2n) is 6.58. The lowest BCUT2D eigenvalue weighted by Gasteiger charge is -2.14. The average Bonchev–Trinajstić information content (AvgIpc) is 2.97. The van der Waals surface area contributed by atoms with Crippen molar-refractivity contribution in [3.05, 3.63) is 52.1 Å². The largest absolute Gasteiger partial charge is 0.496 e. The van der Waals surface area contributed by atoms with Crippen LogP contribution in [0.5, 0.6) is 5.75 Å². The number of hydrogen-bond acceptors (Lipinski definition) is 4. The molecule has 0 aliphatic heterocycles. The Balaban J connectivity index is 2.15. The van der Waals surface area contributed by atoms with Gasteiger partial charge in [0.25, 0.3) is 0 Å². The van der Waals surface area contributed by atoms with E-state index in [0.717, 1.165) is 40.8 Å². The minimum atomic E-state index is -0.956. The zero-order valence-electron chi connectivity index (χ0n) is 16.0. The van der Waals surface area contributed by atoms with Crippen molar-refractivity contribution in [1.82, 2.24) is 4.57 Å². The van der Waals surface area contributed by atoms with Gasteiger partial charge in [0.2, 0.25) is 0 Å². The highest BCUT2D eigenvalue weighted by molar-refractivity contribution is 9.10. The standard InChI is InChI=1S/C21H24BrN3O3/c1-3-4-9-25-17-11-14(22)19(28-2)10-13(17)20(21(26)27)18(25)12-24-16-8-6-5-7-15(16)23/h5-8,10-11,24H,3-4,9,12,23H2,1-2H3,(H,26,27). The number of aryl methyl sites for hydroxylation is 1. The number of carboxylic acids is 1. The summed E-state index contributed by atoms with van der Waals surface area (Å²) in [5.41, 5.74) is 9.32. The van der Waals surface area contributed by atoms with Crippen molar-refractivity contribution in [2.75, 3.05) is 18.2 Å². The fourth-order valence-corrected chi connectivity index (χ4v) is 3.88. The number of aromatic carboxylic acids is 1. The number of anilines is 2. The van der Waals surface area contributed by atoms with Gasteiger partial charge >= 0.3 is 5.97 Å². The van der Waals surface area contributed by atoms with Crippen LogP contribution in [0.3, 0.4) is 0 Å². The van der Waals surface area contributed by atoms with Gasteiger partial charge in [-0.05, 0) is 46.6 Å². The molecule has 0 radical (unpaired) electrons. The van der Waals surface area contributed by atoms with Crippen LogP contribution in [0, 0.1) is 0 Å². The summed E-state index contributed by atoms with van der Waals surface area (Å²) >= 11 is 3.52. The first kappa shape index (κ1) is 20.1. The first-order valence-corrected chi connectivity index (χ1v) is 9.97. The number of unbranched alkanes of at least 4 members (excludes halogenated alkanes) is 1. The molecule has 0 saturated carbocycles. The second-order valence-corrected chi connectivity index (χ2v) is 7.43. The monoisotopic (exact) mass is 445 g/mol. The molecule has 0 aliphatic rings. The Morgan fingerprint density at radius 3 is 2.71 bits per heavy atom. The maximum Gasteiger partial charge on any atom is 0.338 e. The molecule has 0 saturated heterocycles. The summed E-state index contributed by atoms with van der Waals surface area (Å²) in [5, 5.41) is 13.9. The number of aromatic nitrogens is 1. The van der Waals surface area contributed by atoms with Gasteiger partial charge in [0.15, 0.2) is 0 Å². The SMILES string of the molecule is CCCCn1c(CNc2ccccc2N)c(C(=O)O)c2cc(OC)c(Br)cc21. The number of nitrogens with two attached hydrogens (primary N) is 1. The Bertz CT molecular complexity index is 1010. The summed E-state index contributed by atoms with van der Waals surface area (Å²) in [7, 11) is 1.57. The number of fused-ring (bicyclic) bond motifs is 1. The number of nitrogens with zero attached hydrogens (tertiary/aromatic N) is 1. The molecule has 7 heteroatoms. The number of para-hydroxylation sites is 2. The van der Waals surface area contributed by atoms with Crippen molar-refractivity contribution in [3.63, 3.8) is 0 Å². The summed E-state index contributed by atoms with van der Waals surface area (Å²) in [6.07, 6.45) is 1.96. The van der Waals surface area contributed by atoms with Gasteiger partial charge in [-0.1, -0.05) is 25.5 Å². The van der Waals surface area contributed by atoms with Crippen molar-refractivity contribution < 1.29 is 14.6 Å². The summed E-state index contributed by atoms with van der Waals surface area (Å²) in [4.78, 5) is 12.2. The zero-order valence-corrected chi connectivity index (χ0v) is 17.5. The van der Waals surface area contributed by atoms with E-state index in [0.29, 0.717) is 28.9 Å². The second kappa shape index (κ2) is 8.56. The van der Waals surface area contributed by atoms with E-state index in [9.17, 15) is 9.90 Å². The van der Waals surface area contributed by atoms with Gasteiger partial charge in [-0.15, -0.1) is 0 Å². The molecule has 1 heterocycles. The molecular formula is C21H24BrN3O3. The van der Waals surface area contributed by atoms with Crippen LogP contribution >= 0.6 is 15.9 Å². The summed E-state index contributed by atoms with van der Waals surface area (Å²) < 4.78 is 8.26. The topological polar surface area (TPSA) is 89.5 Å². The predicted octanol–water partition coefficient (Wildman–Crippen LogP) is 5.11. The molecular weight excluding hydrogens is 422 g/mol. The summed E-state index contributed by atoms with van der Waals surface area (Å²) in [6, 6.07) is 11.2. The highest BCUT2D eigenvalue weighted by atomic mass is 79.9. The van der Waals surface area contributed by atoms with E-state index < -0.39 is 5.97 Å². The number of carbonyl (C=O) groups is 1. The van der Waals surface area contributed by atoms with Crippen LogP contribution in [0.2, 0.25) is 0 Å². The molecule has 0 bridgehead atoms. The van der Waals surface area contributed by atoms with Gasteiger partial charge in [0, 0.05) is 11.9 Å². The fraction of sp³-hybridized carbons (Fsp3) is 0.286.